The second kappa shape index (κ2) is 9.45. The van der Waals surface area contributed by atoms with Crippen LogP contribution in [0.5, 0.6) is 11.5 Å². The molecule has 2 aromatic rings. The minimum absolute atomic E-state index is 0.0627. The third-order valence-electron chi connectivity index (χ3n) is 5.08. The van der Waals surface area contributed by atoms with Crippen molar-refractivity contribution in [2.75, 3.05) is 34.5 Å². The first-order valence-electron chi connectivity index (χ1n) is 9.57. The predicted molar refractivity (Wildman–Crippen MR) is 111 cm³/mol. The lowest BCUT2D eigenvalue weighted by Gasteiger charge is -2.25. The molecule has 0 aromatic heterocycles. The van der Waals surface area contributed by atoms with E-state index in [9.17, 15) is 14.7 Å². The minimum atomic E-state index is -0.707. The molecule has 7 nitrogen and oxygen atoms in total. The Labute approximate surface area is 175 Å². The molecule has 2 aromatic carbocycles. The molecule has 3 rings (SSSR count). The molecule has 1 fully saturated rings. The second-order valence-corrected chi connectivity index (χ2v) is 6.84. The lowest BCUT2D eigenvalue weighted by atomic mass is 9.95. The van der Waals surface area contributed by atoms with Crippen molar-refractivity contribution in [2.45, 2.75) is 12.5 Å². The molecule has 7 heteroatoms. The van der Waals surface area contributed by atoms with Gasteiger partial charge in [-0.3, -0.25) is 9.59 Å². The first-order chi connectivity index (χ1) is 14.5. The normalized spacial score (nSPS) is 18.0. The van der Waals surface area contributed by atoms with Gasteiger partial charge in [0.15, 0.2) is 0 Å². The van der Waals surface area contributed by atoms with Crippen LogP contribution >= 0.6 is 0 Å². The maximum Gasteiger partial charge on any atom is 0.295 e. The van der Waals surface area contributed by atoms with Crippen molar-refractivity contribution < 1.29 is 28.9 Å². The van der Waals surface area contributed by atoms with Gasteiger partial charge in [-0.15, -0.1) is 0 Å². The zero-order chi connectivity index (χ0) is 21.7. The number of hydrogen-bond acceptors (Lipinski definition) is 6. The number of carbonyl (C=O) groups is 2. The average molecular weight is 411 g/mol. The summed E-state index contributed by atoms with van der Waals surface area (Å²) in [6.45, 7) is 0.783. The third kappa shape index (κ3) is 4.16. The Kier molecular flexibility index (Phi) is 6.74. The Bertz CT molecular complexity index is 933. The Morgan fingerprint density at radius 3 is 2.03 bits per heavy atom. The summed E-state index contributed by atoms with van der Waals surface area (Å²) in [4.78, 5) is 27.2. The van der Waals surface area contributed by atoms with Gasteiger partial charge in [-0.25, -0.2) is 0 Å². The van der Waals surface area contributed by atoms with Crippen LogP contribution in [0.4, 0.5) is 0 Å². The highest BCUT2D eigenvalue weighted by molar-refractivity contribution is 6.46. The van der Waals surface area contributed by atoms with E-state index in [4.69, 9.17) is 14.2 Å². The predicted octanol–water partition coefficient (Wildman–Crippen LogP) is 3.16. The molecule has 158 valence electrons. The molecule has 1 amide bonds. The molecule has 0 radical (unpaired) electrons. The number of ether oxygens (including phenoxy) is 3. The Balaban J connectivity index is 2.08. The maximum atomic E-state index is 12.9. The molecule has 1 aliphatic heterocycles. The molecular weight excluding hydrogens is 386 g/mol. The fourth-order valence-electron chi connectivity index (χ4n) is 3.53. The number of carbonyl (C=O) groups excluding carboxylic acids is 2. The molecule has 1 saturated heterocycles. The number of likely N-dealkylation sites (tertiary alicyclic amines) is 1. The molecule has 0 aliphatic carbocycles. The van der Waals surface area contributed by atoms with E-state index < -0.39 is 17.7 Å². The summed E-state index contributed by atoms with van der Waals surface area (Å²) < 4.78 is 15.4. The number of rotatable bonds is 8. The van der Waals surface area contributed by atoms with Crippen LogP contribution in [-0.2, 0) is 14.3 Å². The lowest BCUT2D eigenvalue weighted by molar-refractivity contribution is -0.140. The number of amides is 1. The molecule has 1 aliphatic rings. The highest BCUT2D eigenvalue weighted by atomic mass is 16.5. The Morgan fingerprint density at radius 2 is 1.50 bits per heavy atom. The molecule has 0 saturated carbocycles. The monoisotopic (exact) mass is 411 g/mol. The molecule has 0 spiro atoms. The van der Waals surface area contributed by atoms with Crippen LogP contribution in [-0.4, -0.2) is 56.2 Å². The topological polar surface area (TPSA) is 85.3 Å². The van der Waals surface area contributed by atoms with Gasteiger partial charge >= 0.3 is 0 Å². The van der Waals surface area contributed by atoms with Crippen LogP contribution in [0.2, 0.25) is 0 Å². The molecule has 1 atom stereocenters. The van der Waals surface area contributed by atoms with Gasteiger partial charge in [0.2, 0.25) is 0 Å². The molecule has 30 heavy (non-hydrogen) atoms. The summed E-state index contributed by atoms with van der Waals surface area (Å²) in [5.74, 6) is -0.280. The van der Waals surface area contributed by atoms with Crippen LogP contribution < -0.4 is 9.47 Å². The third-order valence-corrected chi connectivity index (χ3v) is 5.08. The van der Waals surface area contributed by atoms with Gasteiger partial charge in [0.1, 0.15) is 17.3 Å². The lowest BCUT2D eigenvalue weighted by Crippen LogP contribution is -2.31. The van der Waals surface area contributed by atoms with Crippen LogP contribution in [0.3, 0.4) is 0 Å². The van der Waals surface area contributed by atoms with Crippen LogP contribution in [0.15, 0.2) is 54.1 Å². The standard InChI is InChI=1S/C23H25NO6/c1-28-14-4-13-24-20(15-5-9-17(29-2)10-6-15)19(22(26)23(24)27)21(25)16-7-11-18(30-3)12-8-16/h5-12,20,25H,4,13-14H2,1-3H3/b21-19+/t20-/m0/s1. The van der Waals surface area contributed by atoms with Gasteiger partial charge in [-0.2, -0.15) is 0 Å². The summed E-state index contributed by atoms with van der Waals surface area (Å²) >= 11 is 0. The number of aliphatic hydroxyl groups excluding tert-OH is 1. The van der Waals surface area contributed by atoms with Gasteiger partial charge < -0.3 is 24.2 Å². The SMILES string of the molecule is COCCCN1C(=O)C(=O)/C(=C(/O)c2ccc(OC)cc2)[C@@H]1c1ccc(OC)cc1. The van der Waals surface area contributed by atoms with E-state index in [1.165, 1.54) is 4.90 Å². The number of aliphatic hydroxyl groups is 1. The first kappa shape index (κ1) is 21.4. The molecule has 0 unspecified atom stereocenters. The summed E-state index contributed by atoms with van der Waals surface area (Å²) in [5, 5.41) is 11.0. The summed E-state index contributed by atoms with van der Waals surface area (Å²) in [6, 6.07) is 13.1. The summed E-state index contributed by atoms with van der Waals surface area (Å²) in [6.07, 6.45) is 0.568. The van der Waals surface area contributed by atoms with Crippen LogP contribution in [0.1, 0.15) is 23.6 Å². The minimum Gasteiger partial charge on any atom is -0.507 e. The van der Waals surface area contributed by atoms with Gasteiger partial charge in [0, 0.05) is 25.8 Å². The van der Waals surface area contributed by atoms with E-state index in [2.05, 4.69) is 0 Å². The Morgan fingerprint density at radius 1 is 0.933 bits per heavy atom. The van der Waals surface area contributed by atoms with Crippen molar-refractivity contribution in [1.82, 2.24) is 4.90 Å². The van der Waals surface area contributed by atoms with Crippen molar-refractivity contribution in [1.29, 1.82) is 0 Å². The van der Waals surface area contributed by atoms with Crippen molar-refractivity contribution >= 4 is 17.4 Å². The van der Waals surface area contributed by atoms with Crippen molar-refractivity contribution in [3.63, 3.8) is 0 Å². The number of nitrogens with zero attached hydrogens (tertiary/aromatic N) is 1. The number of benzene rings is 2. The van der Waals surface area contributed by atoms with E-state index in [0.717, 1.165) is 0 Å². The quantitative estimate of drug-likeness (QED) is 0.311. The smallest absolute Gasteiger partial charge is 0.295 e. The van der Waals surface area contributed by atoms with E-state index in [0.29, 0.717) is 42.2 Å². The fourth-order valence-corrected chi connectivity index (χ4v) is 3.53. The zero-order valence-electron chi connectivity index (χ0n) is 17.3. The summed E-state index contributed by atoms with van der Waals surface area (Å²) in [7, 11) is 4.69. The van der Waals surface area contributed by atoms with Crippen molar-refractivity contribution in [2.24, 2.45) is 0 Å². The highest BCUT2D eigenvalue weighted by Crippen LogP contribution is 2.40. The second-order valence-electron chi connectivity index (χ2n) is 6.84. The molecular formula is C23H25NO6. The zero-order valence-corrected chi connectivity index (χ0v) is 17.3. The summed E-state index contributed by atoms with van der Waals surface area (Å²) in [5.41, 5.74) is 1.21. The number of Topliss-reactive ketones (excluding diaryl/α,β-unsaturated/α-hetero) is 1. The molecule has 1 N–H and O–H groups in total. The van der Waals surface area contributed by atoms with E-state index in [1.807, 2.05) is 0 Å². The van der Waals surface area contributed by atoms with E-state index in [1.54, 1.807) is 69.9 Å². The van der Waals surface area contributed by atoms with E-state index >= 15 is 0 Å². The number of hydrogen-bond donors (Lipinski definition) is 1. The fraction of sp³-hybridized carbons (Fsp3) is 0.304. The molecule has 0 bridgehead atoms. The first-order valence-corrected chi connectivity index (χ1v) is 9.57. The average Bonchev–Trinajstić information content (AvgIpc) is 3.04. The number of methoxy groups -OCH3 is 3. The Hall–Kier alpha value is -3.32. The van der Waals surface area contributed by atoms with Gasteiger partial charge in [0.25, 0.3) is 11.7 Å². The van der Waals surface area contributed by atoms with Crippen molar-refractivity contribution in [3.05, 3.63) is 65.2 Å². The van der Waals surface area contributed by atoms with Gasteiger partial charge in [0.05, 0.1) is 25.8 Å². The van der Waals surface area contributed by atoms with Gasteiger partial charge in [-0.1, -0.05) is 12.1 Å². The number of ketones is 1. The highest BCUT2D eigenvalue weighted by Gasteiger charge is 2.45. The van der Waals surface area contributed by atoms with Crippen LogP contribution in [0.25, 0.3) is 5.76 Å². The maximum absolute atomic E-state index is 12.9. The largest absolute Gasteiger partial charge is 0.507 e. The molecule has 1 heterocycles. The van der Waals surface area contributed by atoms with Crippen LogP contribution in [0, 0.1) is 0 Å². The van der Waals surface area contributed by atoms with E-state index in [-0.39, 0.29) is 11.3 Å². The van der Waals surface area contributed by atoms with Gasteiger partial charge in [-0.05, 0) is 48.4 Å². The van der Waals surface area contributed by atoms with Crippen molar-refractivity contribution in [3.8, 4) is 11.5 Å².